The van der Waals surface area contributed by atoms with E-state index in [1.807, 2.05) is 12.1 Å². The lowest BCUT2D eigenvalue weighted by molar-refractivity contribution is 0.380. The van der Waals surface area contributed by atoms with Gasteiger partial charge in [0, 0.05) is 16.5 Å². The molecule has 0 bridgehead atoms. The van der Waals surface area contributed by atoms with Gasteiger partial charge >= 0.3 is 0 Å². The van der Waals surface area contributed by atoms with Gasteiger partial charge in [0.25, 0.3) is 0 Å². The Morgan fingerprint density at radius 1 is 1.36 bits per heavy atom. The van der Waals surface area contributed by atoms with Crippen LogP contribution in [0.25, 0.3) is 0 Å². The first-order valence-corrected chi connectivity index (χ1v) is 7.04. The van der Waals surface area contributed by atoms with Crippen molar-refractivity contribution in [1.29, 1.82) is 0 Å². The van der Waals surface area contributed by atoms with Gasteiger partial charge in [-0.25, -0.2) is 0 Å². The summed E-state index contributed by atoms with van der Waals surface area (Å²) in [6.07, 6.45) is 2.02. The normalized spacial score (nSPS) is 39.5. The number of benzene rings is 1. The van der Waals surface area contributed by atoms with E-state index in [1.165, 1.54) is 0 Å². The van der Waals surface area contributed by atoms with Gasteiger partial charge in [-0.2, -0.15) is 0 Å². The molecule has 0 spiro atoms. The first-order valence-electron chi connectivity index (χ1n) is 4.70. The van der Waals surface area contributed by atoms with Crippen LogP contribution in [0.2, 0.25) is 5.02 Å². The molecule has 2 saturated heterocycles. The number of halogens is 1. The Morgan fingerprint density at radius 3 is 2.57 bits per heavy atom. The molecule has 0 N–H and O–H groups in total. The van der Waals surface area contributed by atoms with E-state index in [9.17, 15) is 4.57 Å². The average molecular weight is 229 g/mol. The minimum absolute atomic E-state index is 0.0173. The molecule has 2 aliphatic rings. The van der Waals surface area contributed by atoms with Crippen molar-refractivity contribution in [2.45, 2.75) is 18.4 Å². The predicted octanol–water partition coefficient (Wildman–Crippen LogP) is 2.46. The molecule has 0 amide bonds. The molecule has 1 aromatic carbocycles. The summed E-state index contributed by atoms with van der Waals surface area (Å²) in [6, 6.07) is 7.33. The number of fused-ring (bicyclic) bond motifs is 1. The van der Waals surface area contributed by atoms with Crippen LogP contribution in [0.5, 0.6) is 0 Å². The summed E-state index contributed by atoms with van der Waals surface area (Å²) in [7, 11) is -2.24. The van der Waals surface area contributed by atoms with Crippen LogP contribution in [0.1, 0.15) is 6.42 Å². The van der Waals surface area contributed by atoms with Crippen LogP contribution in [0.3, 0.4) is 0 Å². The van der Waals surface area contributed by atoms with Crippen molar-refractivity contribution in [3.63, 3.8) is 0 Å². The first-order chi connectivity index (χ1) is 6.70. The monoisotopic (exact) mass is 228 g/mol. The lowest BCUT2D eigenvalue weighted by Crippen LogP contribution is -2.08. The third kappa shape index (κ3) is 1.18. The van der Waals surface area contributed by atoms with E-state index in [0.29, 0.717) is 5.02 Å². The molecule has 1 unspecified atom stereocenters. The molecule has 0 aliphatic carbocycles. The molecule has 0 saturated carbocycles. The highest BCUT2D eigenvalue weighted by atomic mass is 35.5. The van der Waals surface area contributed by atoms with E-state index in [4.69, 9.17) is 16.3 Å². The van der Waals surface area contributed by atoms with Gasteiger partial charge < -0.3 is 9.30 Å². The maximum absolute atomic E-state index is 12.5. The Kier molecular flexibility index (Phi) is 1.82. The maximum atomic E-state index is 12.5. The summed E-state index contributed by atoms with van der Waals surface area (Å²) in [5, 5.41) is 1.61. The Bertz CT molecular complexity index is 415. The van der Waals surface area contributed by atoms with Crippen molar-refractivity contribution in [3.05, 3.63) is 29.3 Å². The van der Waals surface area contributed by atoms with E-state index in [2.05, 4.69) is 0 Å². The Labute approximate surface area is 87.6 Å². The van der Waals surface area contributed by atoms with Gasteiger partial charge in [0.15, 0.2) is 0 Å². The standard InChI is InChI=1S/C10H10ClO2P/c11-7-1-3-8(4-2-7)14(12)6-5-9-10(14)13-9/h1-4,9-10H,5-6H2/t9-,10+,14?/m1/s1. The fraction of sp³-hybridized carbons (Fsp3) is 0.400. The van der Waals surface area contributed by atoms with E-state index < -0.39 is 7.14 Å². The molecular weight excluding hydrogens is 219 g/mol. The molecule has 2 nitrogen and oxygen atoms in total. The fourth-order valence-electron chi connectivity index (χ4n) is 2.13. The van der Waals surface area contributed by atoms with E-state index in [0.717, 1.165) is 17.9 Å². The maximum Gasteiger partial charge on any atom is 0.145 e. The van der Waals surface area contributed by atoms with Crippen LogP contribution in [0.15, 0.2) is 24.3 Å². The fourth-order valence-corrected chi connectivity index (χ4v) is 5.39. The second kappa shape index (κ2) is 2.85. The smallest absolute Gasteiger partial charge is 0.145 e. The van der Waals surface area contributed by atoms with Crippen LogP contribution in [-0.2, 0) is 9.30 Å². The summed E-state index contributed by atoms with van der Waals surface area (Å²) in [5.74, 6) is 0.0173. The van der Waals surface area contributed by atoms with Gasteiger partial charge in [0.2, 0.25) is 0 Å². The Hall–Kier alpha value is -0.300. The number of epoxide rings is 1. The molecule has 2 fully saturated rings. The van der Waals surface area contributed by atoms with Crippen LogP contribution in [0.4, 0.5) is 0 Å². The number of ether oxygens (including phenoxy) is 1. The van der Waals surface area contributed by atoms with E-state index in [1.54, 1.807) is 12.1 Å². The zero-order chi connectivity index (χ0) is 9.76. The van der Waals surface area contributed by atoms with Crippen LogP contribution in [-0.4, -0.2) is 18.1 Å². The minimum atomic E-state index is -2.24. The second-order valence-corrected chi connectivity index (χ2v) is 7.35. The third-order valence-electron chi connectivity index (χ3n) is 2.98. The topological polar surface area (TPSA) is 29.6 Å². The SMILES string of the molecule is O=P1(c2ccc(Cl)cc2)CC[C@H]2O[C@H]21. The zero-order valence-electron chi connectivity index (χ0n) is 7.52. The Morgan fingerprint density at radius 2 is 2.07 bits per heavy atom. The minimum Gasteiger partial charge on any atom is -0.361 e. The summed E-state index contributed by atoms with van der Waals surface area (Å²) in [4.78, 5) is 0. The summed E-state index contributed by atoms with van der Waals surface area (Å²) >= 11 is 5.79. The quantitative estimate of drug-likeness (QED) is 0.546. The molecular formula is C10H10ClO2P. The summed E-state index contributed by atoms with van der Waals surface area (Å²) in [6.45, 7) is 0. The highest BCUT2D eigenvalue weighted by Gasteiger charge is 2.58. The Balaban J connectivity index is 2.02. The molecule has 3 atom stereocenters. The van der Waals surface area contributed by atoms with Crippen molar-refractivity contribution in [2.75, 3.05) is 6.16 Å². The molecule has 1 aromatic rings. The largest absolute Gasteiger partial charge is 0.361 e. The zero-order valence-corrected chi connectivity index (χ0v) is 9.17. The van der Waals surface area contributed by atoms with Crippen molar-refractivity contribution in [1.82, 2.24) is 0 Å². The van der Waals surface area contributed by atoms with Crippen molar-refractivity contribution in [3.8, 4) is 0 Å². The lowest BCUT2D eigenvalue weighted by atomic mass is 10.4. The average Bonchev–Trinajstić information content (AvgIpc) is 2.89. The van der Waals surface area contributed by atoms with Gasteiger partial charge in [0.05, 0.1) is 6.10 Å². The van der Waals surface area contributed by atoms with Crippen LogP contribution >= 0.6 is 18.7 Å². The van der Waals surface area contributed by atoms with Crippen LogP contribution in [0, 0.1) is 0 Å². The molecule has 3 rings (SSSR count). The molecule has 14 heavy (non-hydrogen) atoms. The number of hydrogen-bond donors (Lipinski definition) is 0. The van der Waals surface area contributed by atoms with Gasteiger partial charge in [-0.3, -0.25) is 0 Å². The lowest BCUT2D eigenvalue weighted by Gasteiger charge is -2.12. The van der Waals surface area contributed by atoms with E-state index in [-0.39, 0.29) is 11.9 Å². The number of hydrogen-bond acceptors (Lipinski definition) is 2. The predicted molar refractivity (Wildman–Crippen MR) is 56.8 cm³/mol. The van der Waals surface area contributed by atoms with Crippen molar-refractivity contribution in [2.24, 2.45) is 0 Å². The second-order valence-electron chi connectivity index (χ2n) is 3.85. The molecule has 74 valence electrons. The molecule has 2 aliphatic heterocycles. The van der Waals surface area contributed by atoms with Gasteiger partial charge in [0.1, 0.15) is 13.0 Å². The molecule has 4 heteroatoms. The number of rotatable bonds is 1. The molecule has 0 aromatic heterocycles. The molecule has 2 heterocycles. The van der Waals surface area contributed by atoms with Crippen molar-refractivity contribution >= 4 is 24.0 Å². The highest BCUT2D eigenvalue weighted by molar-refractivity contribution is 7.72. The van der Waals surface area contributed by atoms with E-state index >= 15 is 0 Å². The summed E-state index contributed by atoms with van der Waals surface area (Å²) < 4.78 is 17.9. The first kappa shape index (κ1) is 8.96. The molecule has 0 radical (unpaired) electrons. The van der Waals surface area contributed by atoms with Crippen LogP contribution < -0.4 is 5.30 Å². The third-order valence-corrected chi connectivity index (χ3v) is 6.60. The van der Waals surface area contributed by atoms with Gasteiger partial charge in [-0.05, 0) is 30.7 Å². The van der Waals surface area contributed by atoms with Crippen molar-refractivity contribution < 1.29 is 9.30 Å². The van der Waals surface area contributed by atoms with Gasteiger partial charge in [-0.15, -0.1) is 0 Å². The summed E-state index contributed by atoms with van der Waals surface area (Å²) in [5.41, 5.74) is 0. The van der Waals surface area contributed by atoms with Gasteiger partial charge in [-0.1, -0.05) is 11.6 Å². The highest BCUT2D eigenvalue weighted by Crippen LogP contribution is 2.65.